The number of aryl methyl sites for hydroxylation is 1. The second-order valence-corrected chi connectivity index (χ2v) is 6.27. The number of sulfone groups is 1. The van der Waals surface area contributed by atoms with Crippen molar-refractivity contribution in [1.29, 1.82) is 0 Å². The van der Waals surface area contributed by atoms with E-state index in [1.807, 2.05) is 6.92 Å². The summed E-state index contributed by atoms with van der Waals surface area (Å²) >= 11 is 0. The van der Waals surface area contributed by atoms with Gasteiger partial charge in [0.25, 0.3) is 0 Å². The van der Waals surface area contributed by atoms with Gasteiger partial charge in [-0.1, -0.05) is 13.0 Å². The number of anilines is 1. The van der Waals surface area contributed by atoms with E-state index in [0.29, 0.717) is 12.1 Å². The lowest BCUT2D eigenvalue weighted by atomic mass is 10.1. The highest BCUT2D eigenvalue weighted by molar-refractivity contribution is 7.90. The normalized spacial score (nSPS) is 13.1. The minimum Gasteiger partial charge on any atom is -0.324 e. The van der Waals surface area contributed by atoms with Crippen LogP contribution in [0, 0.1) is 6.92 Å². The van der Waals surface area contributed by atoms with Crippen LogP contribution in [0.2, 0.25) is 0 Å². The molecule has 5 nitrogen and oxygen atoms in total. The summed E-state index contributed by atoms with van der Waals surface area (Å²) in [5.41, 5.74) is 6.88. The van der Waals surface area contributed by atoms with Crippen LogP contribution < -0.4 is 11.1 Å². The van der Waals surface area contributed by atoms with Crippen LogP contribution in [0.1, 0.15) is 18.9 Å². The van der Waals surface area contributed by atoms with Gasteiger partial charge in [-0.05, 0) is 31.0 Å². The Kier molecular flexibility index (Phi) is 4.48. The Morgan fingerprint density at radius 3 is 2.56 bits per heavy atom. The van der Waals surface area contributed by atoms with Crippen molar-refractivity contribution in [2.24, 2.45) is 5.73 Å². The molecule has 0 fully saturated rings. The van der Waals surface area contributed by atoms with Gasteiger partial charge in [-0.2, -0.15) is 0 Å². The van der Waals surface area contributed by atoms with Crippen LogP contribution >= 0.6 is 0 Å². The van der Waals surface area contributed by atoms with Crippen LogP contribution in [-0.4, -0.2) is 26.6 Å². The molecular weight excluding hydrogens is 252 g/mol. The number of benzene rings is 1. The molecule has 3 N–H and O–H groups in total. The van der Waals surface area contributed by atoms with Gasteiger partial charge in [0.15, 0.2) is 9.84 Å². The summed E-state index contributed by atoms with van der Waals surface area (Å²) in [4.78, 5) is 11.8. The first-order chi connectivity index (χ1) is 8.25. The fourth-order valence-corrected chi connectivity index (χ4v) is 2.02. The summed E-state index contributed by atoms with van der Waals surface area (Å²) in [5, 5.41) is 2.64. The van der Waals surface area contributed by atoms with Crippen molar-refractivity contribution in [3.63, 3.8) is 0 Å². The zero-order chi connectivity index (χ0) is 13.9. The molecule has 1 atom stereocenters. The summed E-state index contributed by atoms with van der Waals surface area (Å²) in [6, 6.07) is 4.03. The molecule has 0 radical (unpaired) electrons. The molecule has 0 aromatic heterocycles. The van der Waals surface area contributed by atoms with Crippen LogP contribution in [-0.2, 0) is 14.6 Å². The Hall–Kier alpha value is -1.40. The average Bonchev–Trinajstić information content (AvgIpc) is 2.29. The first-order valence-electron chi connectivity index (χ1n) is 5.63. The molecular formula is C12H18N2O3S. The van der Waals surface area contributed by atoms with Gasteiger partial charge >= 0.3 is 0 Å². The van der Waals surface area contributed by atoms with Gasteiger partial charge in [0.1, 0.15) is 0 Å². The summed E-state index contributed by atoms with van der Waals surface area (Å²) in [6.07, 6.45) is 1.65. The highest BCUT2D eigenvalue weighted by atomic mass is 32.2. The van der Waals surface area contributed by atoms with Gasteiger partial charge in [0.2, 0.25) is 5.91 Å². The lowest BCUT2D eigenvalue weighted by molar-refractivity contribution is -0.117. The highest BCUT2D eigenvalue weighted by Crippen LogP contribution is 2.20. The van der Waals surface area contributed by atoms with E-state index >= 15 is 0 Å². The van der Waals surface area contributed by atoms with Crippen LogP contribution in [0.15, 0.2) is 23.1 Å². The van der Waals surface area contributed by atoms with Crippen molar-refractivity contribution < 1.29 is 13.2 Å². The lowest BCUT2D eigenvalue weighted by Gasteiger charge is -2.13. The molecule has 18 heavy (non-hydrogen) atoms. The molecule has 0 aliphatic rings. The van der Waals surface area contributed by atoms with Gasteiger partial charge in [-0.3, -0.25) is 4.79 Å². The third-order valence-corrected chi connectivity index (χ3v) is 3.78. The van der Waals surface area contributed by atoms with Crippen molar-refractivity contribution >= 4 is 21.4 Å². The third-order valence-electron chi connectivity index (χ3n) is 2.67. The topological polar surface area (TPSA) is 89.3 Å². The second kappa shape index (κ2) is 5.49. The van der Waals surface area contributed by atoms with E-state index in [1.165, 1.54) is 12.1 Å². The second-order valence-electron chi connectivity index (χ2n) is 4.25. The summed E-state index contributed by atoms with van der Waals surface area (Å²) < 4.78 is 22.9. The molecule has 100 valence electrons. The smallest absolute Gasteiger partial charge is 0.241 e. The maximum absolute atomic E-state index is 11.7. The minimum atomic E-state index is -3.29. The van der Waals surface area contributed by atoms with E-state index in [9.17, 15) is 13.2 Å². The number of carbonyl (C=O) groups excluding carboxylic acids is 1. The molecule has 6 heteroatoms. The Balaban J connectivity index is 3.06. The standard InChI is InChI=1S/C12H18N2O3S/c1-4-10(13)12(15)14-11-7-9(18(3,16)17)6-5-8(11)2/h5-7,10H,4,13H2,1-3H3,(H,14,15). The number of carbonyl (C=O) groups is 1. The van der Waals surface area contributed by atoms with E-state index in [0.717, 1.165) is 11.8 Å². The Bertz CT molecular complexity index is 552. The van der Waals surface area contributed by atoms with E-state index in [2.05, 4.69) is 5.32 Å². The SMILES string of the molecule is CCC(N)C(=O)Nc1cc(S(C)(=O)=O)ccc1C. The van der Waals surface area contributed by atoms with Crippen LogP contribution in [0.25, 0.3) is 0 Å². The number of nitrogens with one attached hydrogen (secondary N) is 1. The van der Waals surface area contributed by atoms with E-state index in [4.69, 9.17) is 5.73 Å². The van der Waals surface area contributed by atoms with Crippen LogP contribution in [0.3, 0.4) is 0 Å². The number of hydrogen-bond acceptors (Lipinski definition) is 4. The first-order valence-corrected chi connectivity index (χ1v) is 7.52. The molecule has 1 unspecified atom stereocenters. The summed E-state index contributed by atoms with van der Waals surface area (Å²) in [6.45, 7) is 3.60. The van der Waals surface area contributed by atoms with Crippen molar-refractivity contribution in [2.45, 2.75) is 31.2 Å². The third kappa shape index (κ3) is 3.54. The molecule has 0 saturated carbocycles. The predicted molar refractivity (Wildman–Crippen MR) is 71.2 cm³/mol. The minimum absolute atomic E-state index is 0.175. The van der Waals surface area contributed by atoms with E-state index in [-0.39, 0.29) is 10.8 Å². The van der Waals surface area contributed by atoms with Gasteiger partial charge in [-0.25, -0.2) is 8.42 Å². The van der Waals surface area contributed by atoms with E-state index in [1.54, 1.807) is 13.0 Å². The van der Waals surface area contributed by atoms with Gasteiger partial charge in [-0.15, -0.1) is 0 Å². The molecule has 0 bridgehead atoms. The first kappa shape index (κ1) is 14.7. The largest absolute Gasteiger partial charge is 0.324 e. The zero-order valence-electron chi connectivity index (χ0n) is 10.7. The number of rotatable bonds is 4. The highest BCUT2D eigenvalue weighted by Gasteiger charge is 2.14. The molecule has 0 aliphatic heterocycles. The molecule has 0 spiro atoms. The fourth-order valence-electron chi connectivity index (χ4n) is 1.38. The van der Waals surface area contributed by atoms with Gasteiger partial charge in [0.05, 0.1) is 10.9 Å². The molecule has 0 aliphatic carbocycles. The monoisotopic (exact) mass is 270 g/mol. The van der Waals surface area contributed by atoms with Crippen molar-refractivity contribution in [3.8, 4) is 0 Å². The molecule has 1 aromatic carbocycles. The van der Waals surface area contributed by atoms with Crippen molar-refractivity contribution in [2.75, 3.05) is 11.6 Å². The van der Waals surface area contributed by atoms with Crippen molar-refractivity contribution in [1.82, 2.24) is 0 Å². The van der Waals surface area contributed by atoms with Crippen LogP contribution in [0.5, 0.6) is 0 Å². The van der Waals surface area contributed by atoms with Crippen molar-refractivity contribution in [3.05, 3.63) is 23.8 Å². The Morgan fingerprint density at radius 2 is 2.06 bits per heavy atom. The van der Waals surface area contributed by atoms with E-state index < -0.39 is 15.9 Å². The number of hydrogen-bond donors (Lipinski definition) is 2. The molecule has 0 heterocycles. The van der Waals surface area contributed by atoms with Gasteiger partial charge < -0.3 is 11.1 Å². The summed E-state index contributed by atoms with van der Waals surface area (Å²) in [5.74, 6) is -0.314. The number of amides is 1. The van der Waals surface area contributed by atoms with Crippen LogP contribution in [0.4, 0.5) is 5.69 Å². The van der Waals surface area contributed by atoms with Gasteiger partial charge in [0, 0.05) is 11.9 Å². The molecule has 1 rings (SSSR count). The Morgan fingerprint density at radius 1 is 1.44 bits per heavy atom. The number of nitrogens with two attached hydrogens (primary N) is 1. The predicted octanol–water partition coefficient (Wildman–Crippen LogP) is 1.07. The fraction of sp³-hybridized carbons (Fsp3) is 0.417. The lowest BCUT2D eigenvalue weighted by Crippen LogP contribution is -2.35. The molecule has 0 saturated heterocycles. The molecule has 1 aromatic rings. The molecule has 1 amide bonds. The Labute approximate surface area is 107 Å². The quantitative estimate of drug-likeness (QED) is 0.856. The average molecular weight is 270 g/mol. The zero-order valence-corrected chi connectivity index (χ0v) is 11.5. The maximum Gasteiger partial charge on any atom is 0.241 e. The summed E-state index contributed by atoms with van der Waals surface area (Å²) in [7, 11) is -3.29. The maximum atomic E-state index is 11.7.